The number of aromatic amines is 2. The normalized spacial score (nSPS) is 13.8. The summed E-state index contributed by atoms with van der Waals surface area (Å²) >= 11 is 0. The van der Waals surface area contributed by atoms with Crippen LogP contribution in [0.2, 0.25) is 0 Å². The van der Waals surface area contributed by atoms with Gasteiger partial charge in [-0.3, -0.25) is 14.8 Å². The number of nitrogens with one attached hydrogen (secondary N) is 2. The predicted molar refractivity (Wildman–Crippen MR) is 95.1 cm³/mol. The zero-order valence-electron chi connectivity index (χ0n) is 14.1. The molecule has 24 heavy (non-hydrogen) atoms. The lowest BCUT2D eigenvalue weighted by atomic mass is 10.1. The minimum atomic E-state index is -0.00883. The van der Waals surface area contributed by atoms with Crippen LogP contribution in [0, 0.1) is 6.92 Å². The van der Waals surface area contributed by atoms with Crippen LogP contribution < -0.4 is 5.56 Å². The number of hydrogen-bond donors (Lipinski definition) is 2. The Kier molecular flexibility index (Phi) is 3.73. The summed E-state index contributed by atoms with van der Waals surface area (Å²) < 4.78 is 0. The molecule has 0 spiro atoms. The molecule has 0 aliphatic heterocycles. The lowest BCUT2D eigenvalue weighted by molar-refractivity contribution is 0.312. The maximum Gasteiger partial charge on any atom is 0.252 e. The zero-order valence-corrected chi connectivity index (χ0v) is 14.1. The number of pyridine rings is 1. The van der Waals surface area contributed by atoms with E-state index in [1.807, 2.05) is 25.2 Å². The van der Waals surface area contributed by atoms with Gasteiger partial charge in [0.1, 0.15) is 0 Å². The van der Waals surface area contributed by atoms with Gasteiger partial charge in [-0.2, -0.15) is 5.10 Å². The number of nitrogens with zero attached hydrogens (tertiary/aromatic N) is 2. The first-order valence-corrected chi connectivity index (χ1v) is 8.46. The van der Waals surface area contributed by atoms with Crippen molar-refractivity contribution in [3.05, 3.63) is 62.7 Å². The Hall–Kier alpha value is -2.40. The lowest BCUT2D eigenvalue weighted by Crippen LogP contribution is -2.23. The molecule has 3 aromatic rings. The summed E-state index contributed by atoms with van der Waals surface area (Å²) in [5.41, 5.74) is 6.66. The Balaban J connectivity index is 1.56. The van der Waals surface area contributed by atoms with Crippen LogP contribution >= 0.6 is 0 Å². The fraction of sp³-hybridized carbons (Fsp3) is 0.368. The number of fused-ring (bicyclic) bond motifs is 2. The molecule has 0 saturated heterocycles. The number of H-pyrrole nitrogens is 2. The number of hydrogen-bond acceptors (Lipinski definition) is 3. The summed E-state index contributed by atoms with van der Waals surface area (Å²) in [7, 11) is 2.04. The Morgan fingerprint density at radius 3 is 2.96 bits per heavy atom. The molecule has 0 bridgehead atoms. The van der Waals surface area contributed by atoms with Crippen molar-refractivity contribution < 1.29 is 0 Å². The van der Waals surface area contributed by atoms with Gasteiger partial charge >= 0.3 is 0 Å². The van der Waals surface area contributed by atoms with Crippen LogP contribution in [0.4, 0.5) is 0 Å². The fourth-order valence-corrected chi connectivity index (χ4v) is 3.61. The van der Waals surface area contributed by atoms with Crippen molar-refractivity contribution in [3.63, 3.8) is 0 Å². The van der Waals surface area contributed by atoms with Crippen LogP contribution in [-0.2, 0) is 25.9 Å². The molecule has 0 saturated carbocycles. The second-order valence-corrected chi connectivity index (χ2v) is 6.87. The van der Waals surface area contributed by atoms with Gasteiger partial charge in [-0.1, -0.05) is 11.6 Å². The van der Waals surface area contributed by atoms with E-state index in [1.165, 1.54) is 23.2 Å². The second kappa shape index (κ2) is 5.91. The van der Waals surface area contributed by atoms with Gasteiger partial charge in [0.25, 0.3) is 5.56 Å². The van der Waals surface area contributed by atoms with E-state index < -0.39 is 0 Å². The number of benzene rings is 1. The standard InChI is InChI=1S/C19H22N4O/c1-12-6-7-16-13(8-12)9-14(19(24)20-16)10-23(2)11-18-15-4-3-5-17(15)21-22-18/h6-9H,3-5,10-11H2,1-2H3,(H,20,24)(H,21,22). The molecule has 124 valence electrons. The van der Waals surface area contributed by atoms with Gasteiger partial charge < -0.3 is 4.98 Å². The van der Waals surface area contributed by atoms with E-state index in [4.69, 9.17) is 0 Å². The number of rotatable bonds is 4. The van der Waals surface area contributed by atoms with Crippen LogP contribution in [0.25, 0.3) is 10.9 Å². The van der Waals surface area contributed by atoms with Gasteiger partial charge in [-0.15, -0.1) is 0 Å². The highest BCUT2D eigenvalue weighted by Gasteiger charge is 2.19. The molecule has 5 heteroatoms. The van der Waals surface area contributed by atoms with Crippen molar-refractivity contribution in [2.24, 2.45) is 0 Å². The van der Waals surface area contributed by atoms with Crippen LogP contribution in [-0.4, -0.2) is 27.1 Å². The summed E-state index contributed by atoms with van der Waals surface area (Å²) in [5, 5.41) is 8.69. The third kappa shape index (κ3) is 2.76. The predicted octanol–water partition coefficient (Wildman–Crippen LogP) is 2.68. The highest BCUT2D eigenvalue weighted by molar-refractivity contribution is 5.79. The first kappa shape index (κ1) is 15.1. The Labute approximate surface area is 140 Å². The minimum absolute atomic E-state index is 0.00883. The topological polar surface area (TPSA) is 64.8 Å². The first-order chi connectivity index (χ1) is 11.6. The summed E-state index contributed by atoms with van der Waals surface area (Å²) in [5.74, 6) is 0. The molecule has 1 aliphatic carbocycles. The lowest BCUT2D eigenvalue weighted by Gasteiger charge is -2.16. The molecule has 2 heterocycles. The molecule has 2 aromatic heterocycles. The molecule has 1 aliphatic rings. The second-order valence-electron chi connectivity index (χ2n) is 6.87. The molecule has 0 radical (unpaired) electrons. The van der Waals surface area contributed by atoms with Crippen LogP contribution in [0.5, 0.6) is 0 Å². The maximum absolute atomic E-state index is 12.3. The van der Waals surface area contributed by atoms with Crippen molar-refractivity contribution >= 4 is 10.9 Å². The molecular formula is C19H22N4O. The van der Waals surface area contributed by atoms with Gasteiger partial charge in [-0.25, -0.2) is 0 Å². The van der Waals surface area contributed by atoms with E-state index in [1.54, 1.807) is 0 Å². The zero-order chi connectivity index (χ0) is 16.7. The van der Waals surface area contributed by atoms with Crippen LogP contribution in [0.1, 0.15) is 34.5 Å². The third-order valence-electron chi connectivity index (χ3n) is 4.83. The maximum atomic E-state index is 12.3. The summed E-state index contributed by atoms with van der Waals surface area (Å²) in [6.45, 7) is 3.44. The molecular weight excluding hydrogens is 300 g/mol. The van der Waals surface area contributed by atoms with E-state index >= 15 is 0 Å². The average Bonchev–Trinajstić information content (AvgIpc) is 3.14. The van der Waals surface area contributed by atoms with E-state index in [9.17, 15) is 4.79 Å². The molecule has 2 N–H and O–H groups in total. The largest absolute Gasteiger partial charge is 0.322 e. The highest BCUT2D eigenvalue weighted by atomic mass is 16.1. The molecule has 0 fully saturated rings. The van der Waals surface area contributed by atoms with Crippen molar-refractivity contribution in [3.8, 4) is 0 Å². The first-order valence-electron chi connectivity index (χ1n) is 8.46. The smallest absolute Gasteiger partial charge is 0.252 e. The Bertz CT molecular complexity index is 954. The van der Waals surface area contributed by atoms with E-state index in [-0.39, 0.29) is 5.56 Å². The minimum Gasteiger partial charge on any atom is -0.322 e. The van der Waals surface area contributed by atoms with Gasteiger partial charge in [0.15, 0.2) is 0 Å². The van der Waals surface area contributed by atoms with E-state index in [2.05, 4.69) is 33.1 Å². The number of aromatic nitrogens is 3. The molecule has 0 atom stereocenters. The fourth-order valence-electron chi connectivity index (χ4n) is 3.61. The van der Waals surface area contributed by atoms with Crippen molar-refractivity contribution in [1.82, 2.24) is 20.1 Å². The highest BCUT2D eigenvalue weighted by Crippen LogP contribution is 2.23. The summed E-state index contributed by atoms with van der Waals surface area (Å²) in [6.07, 6.45) is 3.44. The summed E-state index contributed by atoms with van der Waals surface area (Å²) in [6, 6.07) is 8.09. The SMILES string of the molecule is Cc1ccc2[nH]c(=O)c(CN(C)Cc3n[nH]c4c3CCC4)cc2c1. The van der Waals surface area contributed by atoms with E-state index in [0.29, 0.717) is 6.54 Å². The Morgan fingerprint density at radius 1 is 1.21 bits per heavy atom. The Morgan fingerprint density at radius 2 is 2.08 bits per heavy atom. The third-order valence-corrected chi connectivity index (χ3v) is 4.83. The van der Waals surface area contributed by atoms with Crippen LogP contribution in [0.3, 0.4) is 0 Å². The molecule has 5 nitrogen and oxygen atoms in total. The molecule has 0 unspecified atom stereocenters. The number of aryl methyl sites for hydroxylation is 2. The van der Waals surface area contributed by atoms with Crippen molar-refractivity contribution in [1.29, 1.82) is 0 Å². The van der Waals surface area contributed by atoms with Crippen molar-refractivity contribution in [2.75, 3.05) is 7.05 Å². The van der Waals surface area contributed by atoms with Gasteiger partial charge in [0, 0.05) is 29.9 Å². The molecule has 4 rings (SSSR count). The monoisotopic (exact) mass is 322 g/mol. The average molecular weight is 322 g/mol. The van der Waals surface area contributed by atoms with Gasteiger partial charge in [-0.05, 0) is 62.4 Å². The van der Waals surface area contributed by atoms with Crippen molar-refractivity contribution in [2.45, 2.75) is 39.3 Å². The van der Waals surface area contributed by atoms with Gasteiger partial charge in [0.2, 0.25) is 0 Å². The van der Waals surface area contributed by atoms with Crippen LogP contribution in [0.15, 0.2) is 29.1 Å². The van der Waals surface area contributed by atoms with Gasteiger partial charge in [0.05, 0.1) is 5.69 Å². The molecule has 0 amide bonds. The summed E-state index contributed by atoms with van der Waals surface area (Å²) in [4.78, 5) is 17.5. The molecule has 1 aromatic carbocycles. The van der Waals surface area contributed by atoms with E-state index in [0.717, 1.165) is 41.5 Å². The quantitative estimate of drug-likeness (QED) is 0.776.